The Kier molecular flexibility index (Phi) is 4.23. The molecule has 3 atom stereocenters. The lowest BCUT2D eigenvalue weighted by Gasteiger charge is -2.32. The van der Waals surface area contributed by atoms with E-state index in [1.54, 1.807) is 0 Å². The van der Waals surface area contributed by atoms with Crippen LogP contribution in [-0.4, -0.2) is 21.8 Å². The van der Waals surface area contributed by atoms with Crippen LogP contribution in [0.2, 0.25) is 0 Å². The van der Waals surface area contributed by atoms with E-state index < -0.39 is 10.8 Å². The molecule has 0 amide bonds. The summed E-state index contributed by atoms with van der Waals surface area (Å²) >= 11 is 0. The maximum Gasteiger partial charge on any atom is 0.0444 e. The second-order valence-electron chi connectivity index (χ2n) is 5.41. The summed E-state index contributed by atoms with van der Waals surface area (Å²) in [6.45, 7) is 8.61. The summed E-state index contributed by atoms with van der Waals surface area (Å²) in [5, 5.41) is 3.66. The van der Waals surface area contributed by atoms with Crippen molar-refractivity contribution >= 4 is 10.8 Å². The summed E-state index contributed by atoms with van der Waals surface area (Å²) in [6, 6.07) is 5.10. The first kappa shape index (κ1) is 13.8. The van der Waals surface area contributed by atoms with E-state index in [4.69, 9.17) is 0 Å². The molecule has 0 spiro atoms. The molecule has 1 N–H and O–H groups in total. The molecule has 0 aromatic heterocycles. The van der Waals surface area contributed by atoms with Crippen molar-refractivity contribution < 1.29 is 4.21 Å². The summed E-state index contributed by atoms with van der Waals surface area (Å²) in [4.78, 5) is 0. The minimum atomic E-state index is -0.685. The van der Waals surface area contributed by atoms with Crippen LogP contribution in [0, 0.1) is 20.8 Å². The van der Waals surface area contributed by atoms with E-state index in [1.165, 1.54) is 22.3 Å². The molecular weight excluding hydrogens is 242 g/mol. The average molecular weight is 265 g/mol. The molecule has 18 heavy (non-hydrogen) atoms. The van der Waals surface area contributed by atoms with Gasteiger partial charge in [0.2, 0.25) is 0 Å². The molecule has 3 heteroatoms. The first-order chi connectivity index (χ1) is 8.51. The van der Waals surface area contributed by atoms with Gasteiger partial charge in [-0.3, -0.25) is 4.21 Å². The standard InChI is InChI=1S/C15H23NOS/c1-5-13-8-18(17)9-14(16-13)15-11(3)6-10(2)7-12(15)4/h6-7,13-14,16H,5,8-9H2,1-4H3. The molecule has 100 valence electrons. The van der Waals surface area contributed by atoms with Crippen molar-refractivity contribution in [2.24, 2.45) is 0 Å². The molecule has 1 aliphatic heterocycles. The van der Waals surface area contributed by atoms with Gasteiger partial charge in [0, 0.05) is 34.4 Å². The fourth-order valence-electron chi connectivity index (χ4n) is 3.00. The third-order valence-corrected chi connectivity index (χ3v) is 5.24. The van der Waals surface area contributed by atoms with Gasteiger partial charge in [0.05, 0.1) is 0 Å². The third-order valence-electron chi connectivity index (χ3n) is 3.76. The molecule has 1 saturated heterocycles. The third kappa shape index (κ3) is 2.83. The Hall–Kier alpha value is -0.670. The maximum absolute atomic E-state index is 12.0. The van der Waals surface area contributed by atoms with E-state index >= 15 is 0 Å². The zero-order valence-corrected chi connectivity index (χ0v) is 12.6. The van der Waals surface area contributed by atoms with Gasteiger partial charge in [0.1, 0.15) is 0 Å². The summed E-state index contributed by atoms with van der Waals surface area (Å²) in [7, 11) is -0.685. The highest BCUT2D eigenvalue weighted by molar-refractivity contribution is 7.85. The Morgan fingerprint density at radius 3 is 2.39 bits per heavy atom. The fourth-order valence-corrected chi connectivity index (χ4v) is 4.55. The van der Waals surface area contributed by atoms with Crippen LogP contribution in [-0.2, 0) is 10.8 Å². The van der Waals surface area contributed by atoms with Crippen LogP contribution >= 0.6 is 0 Å². The summed E-state index contributed by atoms with van der Waals surface area (Å²) < 4.78 is 12.0. The fraction of sp³-hybridized carbons (Fsp3) is 0.600. The number of aryl methyl sites for hydroxylation is 3. The first-order valence-corrected chi connectivity index (χ1v) is 8.18. The number of benzene rings is 1. The number of hydrogen-bond donors (Lipinski definition) is 1. The monoisotopic (exact) mass is 265 g/mol. The molecule has 2 nitrogen and oxygen atoms in total. The largest absolute Gasteiger partial charge is 0.305 e. The van der Waals surface area contributed by atoms with Gasteiger partial charge in [0.25, 0.3) is 0 Å². The Balaban J connectivity index is 2.33. The normalized spacial score (nSPS) is 28.3. The lowest BCUT2D eigenvalue weighted by molar-refractivity contribution is 0.454. The van der Waals surface area contributed by atoms with Gasteiger partial charge in [-0.1, -0.05) is 24.6 Å². The highest BCUT2D eigenvalue weighted by Crippen LogP contribution is 2.27. The topological polar surface area (TPSA) is 29.1 Å². The molecule has 3 unspecified atom stereocenters. The van der Waals surface area contributed by atoms with Crippen LogP contribution in [0.3, 0.4) is 0 Å². The van der Waals surface area contributed by atoms with Crippen molar-refractivity contribution in [2.75, 3.05) is 11.5 Å². The molecule has 0 aliphatic carbocycles. The predicted octanol–water partition coefficient (Wildman–Crippen LogP) is 2.78. The Labute approximate surface area is 113 Å². The minimum absolute atomic E-state index is 0.255. The van der Waals surface area contributed by atoms with E-state index in [-0.39, 0.29) is 6.04 Å². The van der Waals surface area contributed by atoms with Crippen molar-refractivity contribution in [3.05, 3.63) is 34.4 Å². The molecule has 1 fully saturated rings. The number of rotatable bonds is 2. The molecule has 0 bridgehead atoms. The zero-order chi connectivity index (χ0) is 13.3. The van der Waals surface area contributed by atoms with Gasteiger partial charge in [-0.25, -0.2) is 0 Å². The van der Waals surface area contributed by atoms with Crippen molar-refractivity contribution in [1.29, 1.82) is 0 Å². The molecule has 1 aromatic carbocycles. The summed E-state index contributed by atoms with van der Waals surface area (Å²) in [6.07, 6.45) is 1.05. The molecule has 2 rings (SSSR count). The van der Waals surface area contributed by atoms with E-state index in [1.807, 2.05) is 0 Å². The lowest BCUT2D eigenvalue weighted by atomic mass is 9.94. The first-order valence-electron chi connectivity index (χ1n) is 6.70. The molecule has 0 saturated carbocycles. The predicted molar refractivity (Wildman–Crippen MR) is 78.5 cm³/mol. The summed E-state index contributed by atoms with van der Waals surface area (Å²) in [5.41, 5.74) is 5.29. The van der Waals surface area contributed by atoms with Crippen molar-refractivity contribution in [2.45, 2.75) is 46.2 Å². The SMILES string of the molecule is CCC1CS(=O)CC(c2c(C)cc(C)cc2C)N1. The molecule has 1 aromatic rings. The van der Waals surface area contributed by atoms with Gasteiger partial charge in [0.15, 0.2) is 0 Å². The second-order valence-corrected chi connectivity index (χ2v) is 6.96. The van der Waals surface area contributed by atoms with Crippen molar-refractivity contribution in [3.8, 4) is 0 Å². The van der Waals surface area contributed by atoms with Gasteiger partial charge in [-0.15, -0.1) is 0 Å². The number of nitrogens with one attached hydrogen (secondary N) is 1. The van der Waals surface area contributed by atoms with Crippen LogP contribution in [0.1, 0.15) is 41.6 Å². The smallest absolute Gasteiger partial charge is 0.0444 e. The zero-order valence-electron chi connectivity index (χ0n) is 11.7. The van der Waals surface area contributed by atoms with Gasteiger partial charge < -0.3 is 5.32 Å². The van der Waals surface area contributed by atoms with E-state index in [0.29, 0.717) is 6.04 Å². The Morgan fingerprint density at radius 1 is 1.22 bits per heavy atom. The highest BCUT2D eigenvalue weighted by Gasteiger charge is 2.27. The molecule has 1 heterocycles. The van der Waals surface area contributed by atoms with Gasteiger partial charge in [-0.05, 0) is 43.9 Å². The minimum Gasteiger partial charge on any atom is -0.305 e. The quantitative estimate of drug-likeness (QED) is 0.891. The number of hydrogen-bond acceptors (Lipinski definition) is 2. The Morgan fingerprint density at radius 2 is 1.83 bits per heavy atom. The molecule has 0 radical (unpaired) electrons. The average Bonchev–Trinajstić information content (AvgIpc) is 2.26. The summed E-state index contributed by atoms with van der Waals surface area (Å²) in [5.74, 6) is 1.55. The second kappa shape index (κ2) is 5.54. The lowest BCUT2D eigenvalue weighted by Crippen LogP contribution is -2.45. The van der Waals surface area contributed by atoms with Crippen molar-refractivity contribution in [3.63, 3.8) is 0 Å². The van der Waals surface area contributed by atoms with Crippen LogP contribution in [0.25, 0.3) is 0 Å². The van der Waals surface area contributed by atoms with E-state index in [9.17, 15) is 4.21 Å². The van der Waals surface area contributed by atoms with Crippen LogP contribution in [0.15, 0.2) is 12.1 Å². The Bertz CT molecular complexity index is 447. The van der Waals surface area contributed by atoms with Gasteiger partial charge in [-0.2, -0.15) is 0 Å². The van der Waals surface area contributed by atoms with Crippen LogP contribution in [0.5, 0.6) is 0 Å². The van der Waals surface area contributed by atoms with E-state index in [2.05, 4.69) is 45.1 Å². The van der Waals surface area contributed by atoms with Crippen LogP contribution < -0.4 is 5.32 Å². The molecule has 1 aliphatic rings. The van der Waals surface area contributed by atoms with Crippen LogP contribution in [0.4, 0.5) is 0 Å². The van der Waals surface area contributed by atoms with Crippen molar-refractivity contribution in [1.82, 2.24) is 5.32 Å². The molecular formula is C15H23NOS. The highest BCUT2D eigenvalue weighted by atomic mass is 32.2. The van der Waals surface area contributed by atoms with Gasteiger partial charge >= 0.3 is 0 Å². The maximum atomic E-state index is 12.0. The van der Waals surface area contributed by atoms with E-state index in [0.717, 1.165) is 17.9 Å².